The molecule has 382 valence electrons. The molecule has 0 heterocycles. The summed E-state index contributed by atoms with van der Waals surface area (Å²) in [7, 11) is 3.62. The highest BCUT2D eigenvalue weighted by Crippen LogP contribution is 2.18. The van der Waals surface area contributed by atoms with Gasteiger partial charge in [-0.05, 0) is 51.6 Å². The Morgan fingerprint density at radius 3 is 0.844 bits per heavy atom. The second-order valence-electron chi connectivity index (χ2n) is 19.6. The second-order valence-corrected chi connectivity index (χ2v) is 19.6. The van der Waals surface area contributed by atoms with Crippen molar-refractivity contribution in [1.29, 1.82) is 0 Å². The van der Waals surface area contributed by atoms with E-state index in [1.54, 1.807) is 9.80 Å². The molecule has 0 fully saturated rings. The number of hydrogen-bond donors (Lipinski definition) is 4. The van der Waals surface area contributed by atoms with E-state index in [0.29, 0.717) is 52.2 Å². The van der Waals surface area contributed by atoms with Crippen LogP contribution >= 0.6 is 0 Å². The van der Waals surface area contributed by atoms with E-state index < -0.39 is 24.3 Å². The summed E-state index contributed by atoms with van der Waals surface area (Å²) in [6.45, 7) is 7.61. The maximum Gasteiger partial charge on any atom is 0.239 e. The molecule has 0 radical (unpaired) electrons. The number of likely N-dealkylation sites (N-methyl/N-ethyl adjacent to an activating group) is 2. The van der Waals surface area contributed by atoms with Crippen LogP contribution in [0.15, 0.2) is 0 Å². The van der Waals surface area contributed by atoms with Crippen LogP contribution in [0.5, 0.6) is 0 Å². The quantitative estimate of drug-likeness (QED) is 0.0438. The van der Waals surface area contributed by atoms with Gasteiger partial charge in [-0.1, -0.05) is 219 Å². The average molecular weight is 910 g/mol. The molecule has 0 aliphatic heterocycles. The minimum absolute atomic E-state index is 0.101. The molecule has 10 nitrogen and oxygen atoms in total. The lowest BCUT2D eigenvalue weighted by Gasteiger charge is -2.34. The van der Waals surface area contributed by atoms with Gasteiger partial charge >= 0.3 is 0 Å². The van der Waals surface area contributed by atoms with Gasteiger partial charge in [0.15, 0.2) is 0 Å². The standard InChI is InChI=1S/C54H112N6O4/c1-5-7-9-11-13-15-17-19-21-23-25-27-29-31-33-39-45-63-51(47-59(3)53(61)49(57)41-35-37-43-55)52(48-60(4)54(62)50(58)42-36-38-44-56)64-46-40-34-32-30-28-26-24-22-20-18-16-14-12-10-8-6-2/h49-52H,5-48,55-58H2,1-4H3. The molecule has 0 aliphatic carbocycles. The number of rotatable bonds is 51. The third kappa shape index (κ3) is 38.8. The summed E-state index contributed by atoms with van der Waals surface area (Å²) in [5.41, 5.74) is 24.2. The molecule has 0 aromatic heterocycles. The van der Waals surface area contributed by atoms with Crippen LogP contribution in [0.1, 0.15) is 258 Å². The second kappa shape index (κ2) is 48.2. The van der Waals surface area contributed by atoms with Gasteiger partial charge in [-0.3, -0.25) is 9.59 Å². The Morgan fingerprint density at radius 1 is 0.375 bits per heavy atom. The number of carbonyl (C=O) groups excluding carboxylic acids is 2. The largest absolute Gasteiger partial charge is 0.374 e. The summed E-state index contributed by atoms with van der Waals surface area (Å²) in [6.07, 6.45) is 45.9. The van der Waals surface area contributed by atoms with Gasteiger partial charge in [0.2, 0.25) is 11.8 Å². The van der Waals surface area contributed by atoms with Crippen molar-refractivity contribution >= 4 is 11.8 Å². The zero-order chi connectivity index (χ0) is 47.1. The minimum atomic E-state index is -0.585. The van der Waals surface area contributed by atoms with Gasteiger partial charge in [-0.25, -0.2) is 0 Å². The molecular weight excluding hydrogens is 797 g/mol. The van der Waals surface area contributed by atoms with Crippen LogP contribution in [0.3, 0.4) is 0 Å². The van der Waals surface area contributed by atoms with Gasteiger partial charge in [0, 0.05) is 40.4 Å². The van der Waals surface area contributed by atoms with Crippen LogP contribution in [-0.4, -0.2) is 99.4 Å². The van der Waals surface area contributed by atoms with Crippen molar-refractivity contribution in [1.82, 2.24) is 9.80 Å². The molecule has 0 saturated heterocycles. The van der Waals surface area contributed by atoms with Gasteiger partial charge in [-0.2, -0.15) is 0 Å². The van der Waals surface area contributed by atoms with E-state index in [4.69, 9.17) is 32.4 Å². The van der Waals surface area contributed by atoms with Gasteiger partial charge in [0.05, 0.1) is 12.1 Å². The van der Waals surface area contributed by atoms with Crippen molar-refractivity contribution in [3.05, 3.63) is 0 Å². The summed E-state index contributed by atoms with van der Waals surface area (Å²) in [6, 6.07) is -1.17. The number of unbranched alkanes of at least 4 members (excludes halogenated alkanes) is 32. The Morgan fingerprint density at radius 2 is 0.609 bits per heavy atom. The molecule has 0 saturated carbocycles. The number of nitrogens with zero attached hydrogens (tertiary/aromatic N) is 2. The van der Waals surface area contributed by atoms with Crippen molar-refractivity contribution in [2.45, 2.75) is 282 Å². The molecule has 0 rings (SSSR count). The molecule has 4 unspecified atom stereocenters. The Balaban J connectivity index is 5.19. The predicted molar refractivity (Wildman–Crippen MR) is 276 cm³/mol. The summed E-state index contributed by atoms with van der Waals surface area (Å²) in [5, 5.41) is 0. The predicted octanol–water partition coefficient (Wildman–Crippen LogP) is 12.1. The van der Waals surface area contributed by atoms with E-state index in [2.05, 4.69) is 13.8 Å². The zero-order valence-electron chi connectivity index (χ0n) is 43.3. The van der Waals surface area contributed by atoms with E-state index in [0.717, 1.165) is 51.4 Å². The van der Waals surface area contributed by atoms with Crippen molar-refractivity contribution in [2.24, 2.45) is 22.9 Å². The molecule has 2 amide bonds. The van der Waals surface area contributed by atoms with E-state index >= 15 is 0 Å². The van der Waals surface area contributed by atoms with Crippen LogP contribution in [0.2, 0.25) is 0 Å². The van der Waals surface area contributed by atoms with Crippen LogP contribution in [-0.2, 0) is 19.1 Å². The first kappa shape index (κ1) is 62.7. The third-order valence-corrected chi connectivity index (χ3v) is 13.3. The first-order valence-corrected chi connectivity index (χ1v) is 27.9. The van der Waals surface area contributed by atoms with Crippen molar-refractivity contribution in [3.63, 3.8) is 0 Å². The maximum atomic E-state index is 13.5. The maximum absolute atomic E-state index is 13.5. The van der Waals surface area contributed by atoms with Crippen LogP contribution in [0.25, 0.3) is 0 Å². The highest BCUT2D eigenvalue weighted by Gasteiger charge is 2.31. The molecule has 10 heteroatoms. The smallest absolute Gasteiger partial charge is 0.239 e. The molecule has 64 heavy (non-hydrogen) atoms. The van der Waals surface area contributed by atoms with Crippen LogP contribution in [0.4, 0.5) is 0 Å². The fourth-order valence-corrected chi connectivity index (χ4v) is 8.87. The average Bonchev–Trinajstić information content (AvgIpc) is 3.29. The molecule has 8 N–H and O–H groups in total. The van der Waals surface area contributed by atoms with Crippen molar-refractivity contribution in [2.75, 3.05) is 53.5 Å². The normalized spacial score (nSPS) is 13.6. The zero-order valence-corrected chi connectivity index (χ0v) is 43.3. The van der Waals surface area contributed by atoms with Gasteiger partial charge in [-0.15, -0.1) is 0 Å². The van der Waals surface area contributed by atoms with Gasteiger partial charge < -0.3 is 42.2 Å². The number of carbonyl (C=O) groups is 2. The monoisotopic (exact) mass is 909 g/mol. The molecule has 4 atom stereocenters. The van der Waals surface area contributed by atoms with Gasteiger partial charge in [0.1, 0.15) is 12.2 Å². The molecular formula is C54H112N6O4. The molecule has 0 aliphatic rings. The fraction of sp³-hybridized carbons (Fsp3) is 0.963. The lowest BCUT2D eigenvalue weighted by atomic mass is 10.0. The molecule has 0 bridgehead atoms. The first-order valence-electron chi connectivity index (χ1n) is 27.9. The Labute approximate surface area is 398 Å². The van der Waals surface area contributed by atoms with E-state index in [9.17, 15) is 9.59 Å². The highest BCUT2D eigenvalue weighted by molar-refractivity contribution is 5.82. The van der Waals surface area contributed by atoms with E-state index in [-0.39, 0.29) is 11.8 Å². The Hall–Kier alpha value is -1.30. The van der Waals surface area contributed by atoms with Crippen LogP contribution in [0, 0.1) is 0 Å². The Kier molecular flexibility index (Phi) is 47.2. The SMILES string of the molecule is CCCCCCCCCCCCCCCCCCOC(CN(C)C(=O)C(N)CCCCN)C(CN(C)C(=O)C(N)CCCCN)OCCCCCCCCCCCCCCCCCC. The van der Waals surface area contributed by atoms with E-state index in [1.165, 1.54) is 180 Å². The summed E-state index contributed by atoms with van der Waals surface area (Å²) < 4.78 is 13.3. The minimum Gasteiger partial charge on any atom is -0.374 e. The van der Waals surface area contributed by atoms with Crippen molar-refractivity contribution in [3.8, 4) is 0 Å². The fourth-order valence-electron chi connectivity index (χ4n) is 8.87. The van der Waals surface area contributed by atoms with Gasteiger partial charge in [0.25, 0.3) is 0 Å². The summed E-state index contributed by atoms with van der Waals surface area (Å²) >= 11 is 0. The molecule has 0 aromatic rings. The Bertz CT molecular complexity index is 915. The molecule has 0 spiro atoms. The molecule has 0 aromatic carbocycles. The highest BCUT2D eigenvalue weighted by atomic mass is 16.5. The lowest BCUT2D eigenvalue weighted by molar-refractivity contribution is -0.142. The number of ether oxygens (including phenoxy) is 2. The van der Waals surface area contributed by atoms with Crippen molar-refractivity contribution < 1.29 is 19.1 Å². The topological polar surface area (TPSA) is 163 Å². The number of hydrogen-bond acceptors (Lipinski definition) is 8. The van der Waals surface area contributed by atoms with E-state index in [1.807, 2.05) is 14.1 Å². The number of nitrogens with two attached hydrogens (primary N) is 4. The summed E-state index contributed by atoms with van der Waals surface area (Å²) in [4.78, 5) is 30.4. The van der Waals surface area contributed by atoms with Crippen LogP contribution < -0.4 is 22.9 Å². The number of amides is 2. The lowest BCUT2D eigenvalue weighted by Crippen LogP contribution is -2.52. The first-order chi connectivity index (χ1) is 31.2. The summed E-state index contributed by atoms with van der Waals surface area (Å²) in [5.74, 6) is -0.202. The third-order valence-electron chi connectivity index (χ3n) is 13.3.